The first-order valence-corrected chi connectivity index (χ1v) is 8.36. The number of hydrogen-bond donors (Lipinski definition) is 2. The third-order valence-corrected chi connectivity index (χ3v) is 4.19. The molecule has 1 aromatic rings. The fourth-order valence-electron chi connectivity index (χ4n) is 2.80. The number of carbonyl (C=O) groups is 2. The second-order valence-electron chi connectivity index (χ2n) is 6.01. The lowest BCUT2D eigenvalue weighted by atomic mass is 9.96. The van der Waals surface area contributed by atoms with Crippen molar-refractivity contribution < 1.29 is 9.59 Å². The van der Waals surface area contributed by atoms with Crippen LogP contribution in [0.3, 0.4) is 0 Å². The van der Waals surface area contributed by atoms with Crippen LogP contribution in [0.15, 0.2) is 30.3 Å². The second-order valence-corrected chi connectivity index (χ2v) is 6.01. The number of hydrogen-bond acceptors (Lipinski definition) is 4. The Hall–Kier alpha value is -2.39. The van der Waals surface area contributed by atoms with Crippen molar-refractivity contribution in [2.24, 2.45) is 5.92 Å². The first-order chi connectivity index (χ1) is 11.7. The van der Waals surface area contributed by atoms with Crippen molar-refractivity contribution in [2.45, 2.75) is 25.8 Å². The average molecular weight is 328 g/mol. The number of benzene rings is 1. The number of likely N-dealkylation sites (tertiary alicyclic amines) is 1. The maximum atomic E-state index is 12.2. The van der Waals surface area contributed by atoms with Crippen LogP contribution in [0.1, 0.15) is 24.8 Å². The highest BCUT2D eigenvalue weighted by molar-refractivity contribution is 5.79. The van der Waals surface area contributed by atoms with Crippen LogP contribution in [0.5, 0.6) is 0 Å². The predicted molar refractivity (Wildman–Crippen MR) is 90.7 cm³/mol. The summed E-state index contributed by atoms with van der Waals surface area (Å²) < 4.78 is 0. The quantitative estimate of drug-likeness (QED) is 0.733. The van der Waals surface area contributed by atoms with Gasteiger partial charge in [-0.2, -0.15) is 5.26 Å². The molecule has 0 radical (unpaired) electrons. The topological polar surface area (TPSA) is 85.2 Å². The second kappa shape index (κ2) is 9.68. The normalized spacial score (nSPS) is 15.5. The van der Waals surface area contributed by atoms with Gasteiger partial charge in [-0.3, -0.25) is 14.5 Å². The van der Waals surface area contributed by atoms with Gasteiger partial charge in [0.2, 0.25) is 11.8 Å². The molecule has 0 aliphatic carbocycles. The molecule has 24 heavy (non-hydrogen) atoms. The van der Waals surface area contributed by atoms with E-state index in [1.165, 1.54) is 0 Å². The van der Waals surface area contributed by atoms with Gasteiger partial charge >= 0.3 is 0 Å². The molecule has 6 heteroatoms. The van der Waals surface area contributed by atoms with Crippen molar-refractivity contribution in [3.05, 3.63) is 35.9 Å². The lowest BCUT2D eigenvalue weighted by molar-refractivity contribution is -0.127. The van der Waals surface area contributed by atoms with Crippen molar-refractivity contribution in [1.29, 1.82) is 5.26 Å². The highest BCUT2D eigenvalue weighted by Crippen LogP contribution is 2.17. The van der Waals surface area contributed by atoms with Crippen LogP contribution < -0.4 is 10.6 Å². The number of rotatable bonds is 7. The molecule has 1 aliphatic rings. The molecular weight excluding hydrogens is 304 g/mol. The van der Waals surface area contributed by atoms with E-state index in [-0.39, 0.29) is 17.7 Å². The molecule has 0 unspecified atom stereocenters. The van der Waals surface area contributed by atoms with E-state index < -0.39 is 0 Å². The molecule has 2 N–H and O–H groups in total. The average Bonchev–Trinajstić information content (AvgIpc) is 2.61. The number of piperidine rings is 1. The van der Waals surface area contributed by atoms with Gasteiger partial charge in [0.1, 0.15) is 0 Å². The SMILES string of the molecule is N#CCCNC(=O)CN1CCC(C(=O)NCc2ccccc2)CC1. The summed E-state index contributed by atoms with van der Waals surface area (Å²) >= 11 is 0. The number of nitriles is 1. The van der Waals surface area contributed by atoms with Crippen LogP contribution in [0, 0.1) is 17.2 Å². The Morgan fingerprint density at radius 3 is 2.54 bits per heavy atom. The maximum Gasteiger partial charge on any atom is 0.234 e. The number of carbonyl (C=O) groups excluding carboxylic acids is 2. The van der Waals surface area contributed by atoms with Crippen LogP contribution in [0.25, 0.3) is 0 Å². The Kier molecular flexibility index (Phi) is 7.24. The number of nitrogens with one attached hydrogen (secondary N) is 2. The molecule has 128 valence electrons. The van der Waals surface area contributed by atoms with Gasteiger partial charge in [0.05, 0.1) is 19.0 Å². The van der Waals surface area contributed by atoms with Gasteiger partial charge in [0, 0.05) is 19.0 Å². The summed E-state index contributed by atoms with van der Waals surface area (Å²) in [6.45, 7) is 2.78. The minimum Gasteiger partial charge on any atom is -0.354 e. The monoisotopic (exact) mass is 328 g/mol. The van der Waals surface area contributed by atoms with Gasteiger partial charge in [0.15, 0.2) is 0 Å². The lowest BCUT2D eigenvalue weighted by Crippen LogP contribution is -2.44. The molecule has 1 fully saturated rings. The van der Waals surface area contributed by atoms with Crippen molar-refractivity contribution >= 4 is 11.8 Å². The lowest BCUT2D eigenvalue weighted by Gasteiger charge is -2.30. The Bertz CT molecular complexity index is 574. The maximum absolute atomic E-state index is 12.2. The summed E-state index contributed by atoms with van der Waals surface area (Å²) in [7, 11) is 0. The van der Waals surface area contributed by atoms with Crippen molar-refractivity contribution in [3.63, 3.8) is 0 Å². The first-order valence-electron chi connectivity index (χ1n) is 8.36. The Labute approximate surface area is 142 Å². The van der Waals surface area contributed by atoms with E-state index in [1.807, 2.05) is 36.4 Å². The summed E-state index contributed by atoms with van der Waals surface area (Å²) in [5.41, 5.74) is 1.09. The predicted octanol–water partition coefficient (Wildman–Crippen LogP) is 1.04. The minimum absolute atomic E-state index is 0.0200. The molecular formula is C18H24N4O2. The Morgan fingerprint density at radius 2 is 1.88 bits per heavy atom. The van der Waals surface area contributed by atoms with Crippen LogP contribution in [-0.2, 0) is 16.1 Å². The summed E-state index contributed by atoms with van der Waals surface area (Å²) in [6.07, 6.45) is 1.87. The van der Waals surface area contributed by atoms with E-state index in [4.69, 9.17) is 5.26 Å². The van der Waals surface area contributed by atoms with E-state index in [0.717, 1.165) is 31.5 Å². The van der Waals surface area contributed by atoms with Crippen LogP contribution in [-0.4, -0.2) is 42.9 Å². The molecule has 0 spiro atoms. The van der Waals surface area contributed by atoms with Gasteiger partial charge in [-0.15, -0.1) is 0 Å². The zero-order chi connectivity index (χ0) is 17.2. The van der Waals surface area contributed by atoms with Gasteiger partial charge < -0.3 is 10.6 Å². The molecule has 1 aromatic carbocycles. The molecule has 1 heterocycles. The van der Waals surface area contributed by atoms with Gasteiger partial charge in [-0.1, -0.05) is 30.3 Å². The highest BCUT2D eigenvalue weighted by Gasteiger charge is 2.25. The largest absolute Gasteiger partial charge is 0.354 e. The summed E-state index contributed by atoms with van der Waals surface area (Å²) in [5, 5.41) is 14.2. The van der Waals surface area contributed by atoms with E-state index in [1.54, 1.807) is 0 Å². The summed E-state index contributed by atoms with van der Waals surface area (Å²) in [6, 6.07) is 11.9. The minimum atomic E-state index is -0.0581. The van der Waals surface area contributed by atoms with E-state index >= 15 is 0 Å². The van der Waals surface area contributed by atoms with E-state index in [2.05, 4.69) is 15.5 Å². The standard InChI is InChI=1S/C18H24N4O2/c19-9-4-10-20-17(23)14-22-11-7-16(8-12-22)18(24)21-13-15-5-2-1-3-6-15/h1-3,5-6,16H,4,7-8,10-14H2,(H,20,23)(H,21,24). The summed E-state index contributed by atoms with van der Waals surface area (Å²) in [5.74, 6) is 0.0563. The van der Waals surface area contributed by atoms with Crippen molar-refractivity contribution in [2.75, 3.05) is 26.2 Å². The van der Waals surface area contributed by atoms with Gasteiger partial charge in [-0.25, -0.2) is 0 Å². The third kappa shape index (κ3) is 6.01. The van der Waals surface area contributed by atoms with Gasteiger partial charge in [0.25, 0.3) is 0 Å². The fraction of sp³-hybridized carbons (Fsp3) is 0.500. The zero-order valence-corrected chi connectivity index (χ0v) is 13.8. The zero-order valence-electron chi connectivity index (χ0n) is 13.8. The Balaban J connectivity index is 1.65. The van der Waals surface area contributed by atoms with Crippen LogP contribution >= 0.6 is 0 Å². The van der Waals surface area contributed by atoms with Crippen molar-refractivity contribution in [3.8, 4) is 6.07 Å². The fourth-order valence-corrected chi connectivity index (χ4v) is 2.80. The van der Waals surface area contributed by atoms with Crippen molar-refractivity contribution in [1.82, 2.24) is 15.5 Å². The Morgan fingerprint density at radius 1 is 1.17 bits per heavy atom. The molecule has 0 aromatic heterocycles. The highest BCUT2D eigenvalue weighted by atomic mass is 16.2. The smallest absolute Gasteiger partial charge is 0.234 e. The molecule has 0 atom stereocenters. The molecule has 2 rings (SSSR count). The molecule has 0 saturated carbocycles. The van der Waals surface area contributed by atoms with E-state index in [9.17, 15) is 9.59 Å². The molecule has 2 amide bonds. The molecule has 6 nitrogen and oxygen atoms in total. The number of nitrogens with zero attached hydrogens (tertiary/aromatic N) is 2. The first kappa shape index (κ1) is 18.0. The van der Waals surface area contributed by atoms with Gasteiger partial charge in [-0.05, 0) is 31.5 Å². The third-order valence-electron chi connectivity index (χ3n) is 4.19. The number of amides is 2. The van der Waals surface area contributed by atoms with E-state index in [0.29, 0.717) is 26.1 Å². The van der Waals surface area contributed by atoms with Crippen LogP contribution in [0.4, 0.5) is 0 Å². The van der Waals surface area contributed by atoms with Crippen LogP contribution in [0.2, 0.25) is 0 Å². The molecule has 0 bridgehead atoms. The molecule has 1 saturated heterocycles. The summed E-state index contributed by atoms with van der Waals surface area (Å²) in [4.78, 5) is 26.0. The molecule has 1 aliphatic heterocycles.